The van der Waals surface area contributed by atoms with Gasteiger partial charge in [0.1, 0.15) is 0 Å². The zero-order valence-electron chi connectivity index (χ0n) is 10.9. The van der Waals surface area contributed by atoms with Crippen molar-refractivity contribution in [3.63, 3.8) is 0 Å². The summed E-state index contributed by atoms with van der Waals surface area (Å²) in [6.45, 7) is 0. The standard InChI is InChI=1S/C16H11N3O/c1-20-16-11-6-7-14-15(10(11)8-9-17-16)19-13-5-3-2-4-12(13)18-14/h2-9H,1H3. The molecule has 2 heterocycles. The van der Waals surface area contributed by atoms with Crippen molar-refractivity contribution in [1.29, 1.82) is 0 Å². The van der Waals surface area contributed by atoms with Gasteiger partial charge in [0.15, 0.2) is 0 Å². The van der Waals surface area contributed by atoms with Crippen LogP contribution in [0.2, 0.25) is 0 Å². The second-order valence-electron chi connectivity index (χ2n) is 4.56. The summed E-state index contributed by atoms with van der Waals surface area (Å²) in [7, 11) is 1.62. The van der Waals surface area contributed by atoms with Crippen molar-refractivity contribution in [2.24, 2.45) is 0 Å². The van der Waals surface area contributed by atoms with Crippen LogP contribution in [0.4, 0.5) is 0 Å². The topological polar surface area (TPSA) is 47.9 Å². The number of benzene rings is 2. The molecule has 2 aromatic carbocycles. The Balaban J connectivity index is 2.21. The quantitative estimate of drug-likeness (QED) is 0.389. The molecule has 0 unspecified atom stereocenters. The molecule has 0 spiro atoms. The Morgan fingerprint density at radius 1 is 0.800 bits per heavy atom. The first kappa shape index (κ1) is 11.1. The number of fused-ring (bicyclic) bond motifs is 4. The van der Waals surface area contributed by atoms with Crippen LogP contribution in [-0.4, -0.2) is 22.1 Å². The zero-order valence-corrected chi connectivity index (χ0v) is 10.9. The van der Waals surface area contributed by atoms with E-state index in [1.165, 1.54) is 0 Å². The summed E-state index contributed by atoms with van der Waals surface area (Å²) in [6.07, 6.45) is 1.73. The number of hydrogen-bond donors (Lipinski definition) is 0. The van der Waals surface area contributed by atoms with Crippen molar-refractivity contribution in [3.8, 4) is 5.88 Å². The number of ether oxygens (including phenoxy) is 1. The molecule has 0 atom stereocenters. The van der Waals surface area contributed by atoms with Crippen LogP contribution in [0.25, 0.3) is 32.8 Å². The molecule has 4 aromatic rings. The van der Waals surface area contributed by atoms with Crippen LogP contribution in [0.3, 0.4) is 0 Å². The van der Waals surface area contributed by atoms with Crippen molar-refractivity contribution < 1.29 is 4.74 Å². The molecule has 0 amide bonds. The lowest BCUT2D eigenvalue weighted by atomic mass is 10.1. The summed E-state index contributed by atoms with van der Waals surface area (Å²) < 4.78 is 5.30. The van der Waals surface area contributed by atoms with E-state index < -0.39 is 0 Å². The SMILES string of the molecule is COc1nccc2c1ccc1nc3ccccc3nc12. The summed E-state index contributed by atoms with van der Waals surface area (Å²) in [4.78, 5) is 13.6. The minimum absolute atomic E-state index is 0.611. The second kappa shape index (κ2) is 4.13. The van der Waals surface area contributed by atoms with Gasteiger partial charge in [-0.05, 0) is 30.3 Å². The maximum absolute atomic E-state index is 5.30. The molecule has 0 radical (unpaired) electrons. The Bertz CT molecular complexity index is 950. The number of aromatic nitrogens is 3. The molecule has 0 aliphatic rings. The largest absolute Gasteiger partial charge is 0.481 e. The van der Waals surface area contributed by atoms with Crippen LogP contribution in [-0.2, 0) is 0 Å². The third-order valence-corrected chi connectivity index (χ3v) is 3.41. The van der Waals surface area contributed by atoms with Gasteiger partial charge in [0.2, 0.25) is 5.88 Å². The fraction of sp³-hybridized carbons (Fsp3) is 0.0625. The number of nitrogens with zero attached hydrogens (tertiary/aromatic N) is 3. The van der Waals surface area contributed by atoms with Gasteiger partial charge >= 0.3 is 0 Å². The van der Waals surface area contributed by atoms with Crippen molar-refractivity contribution in [1.82, 2.24) is 15.0 Å². The van der Waals surface area contributed by atoms with E-state index in [-0.39, 0.29) is 0 Å². The van der Waals surface area contributed by atoms with Crippen LogP contribution < -0.4 is 4.74 Å². The van der Waals surface area contributed by atoms with Crippen LogP contribution in [0.5, 0.6) is 5.88 Å². The Morgan fingerprint density at radius 3 is 2.40 bits per heavy atom. The normalized spacial score (nSPS) is 11.2. The smallest absolute Gasteiger partial charge is 0.221 e. The lowest BCUT2D eigenvalue weighted by molar-refractivity contribution is 0.403. The van der Waals surface area contributed by atoms with Crippen molar-refractivity contribution >= 4 is 32.8 Å². The minimum Gasteiger partial charge on any atom is -0.481 e. The zero-order chi connectivity index (χ0) is 13.5. The summed E-state index contributed by atoms with van der Waals surface area (Å²) in [5.74, 6) is 0.611. The highest BCUT2D eigenvalue weighted by atomic mass is 16.5. The fourth-order valence-electron chi connectivity index (χ4n) is 2.47. The van der Waals surface area contributed by atoms with Crippen molar-refractivity contribution in [2.45, 2.75) is 0 Å². The highest BCUT2D eigenvalue weighted by molar-refractivity contribution is 6.07. The Labute approximate surface area is 115 Å². The maximum Gasteiger partial charge on any atom is 0.221 e. The van der Waals surface area contributed by atoms with Gasteiger partial charge in [-0.2, -0.15) is 0 Å². The highest BCUT2D eigenvalue weighted by Crippen LogP contribution is 2.29. The Kier molecular flexibility index (Phi) is 2.29. The van der Waals surface area contributed by atoms with Crippen molar-refractivity contribution in [3.05, 3.63) is 48.7 Å². The van der Waals surface area contributed by atoms with E-state index in [4.69, 9.17) is 9.72 Å². The van der Waals surface area contributed by atoms with E-state index in [2.05, 4.69) is 9.97 Å². The van der Waals surface area contributed by atoms with Gasteiger partial charge in [-0.1, -0.05) is 12.1 Å². The number of methoxy groups -OCH3 is 1. The van der Waals surface area contributed by atoms with Gasteiger partial charge in [0.25, 0.3) is 0 Å². The summed E-state index contributed by atoms with van der Waals surface area (Å²) in [5, 5.41) is 1.96. The van der Waals surface area contributed by atoms with Crippen LogP contribution in [0.15, 0.2) is 48.7 Å². The van der Waals surface area contributed by atoms with E-state index in [0.29, 0.717) is 5.88 Å². The molecule has 0 N–H and O–H groups in total. The maximum atomic E-state index is 5.30. The molecule has 0 fully saturated rings. The number of para-hydroxylation sites is 2. The molecule has 4 nitrogen and oxygen atoms in total. The molecule has 4 rings (SSSR count). The van der Waals surface area contributed by atoms with Crippen LogP contribution >= 0.6 is 0 Å². The molecule has 0 bridgehead atoms. The number of hydrogen-bond acceptors (Lipinski definition) is 4. The Hall–Kier alpha value is -2.75. The summed E-state index contributed by atoms with van der Waals surface area (Å²) >= 11 is 0. The van der Waals surface area contributed by atoms with Gasteiger partial charge in [-0.15, -0.1) is 0 Å². The predicted octanol–water partition coefficient (Wildman–Crippen LogP) is 3.34. The third kappa shape index (κ3) is 1.51. The molecular weight excluding hydrogens is 250 g/mol. The van der Waals surface area contributed by atoms with Crippen LogP contribution in [0, 0.1) is 0 Å². The summed E-state index contributed by atoms with van der Waals surface area (Å²) in [6, 6.07) is 13.8. The Morgan fingerprint density at radius 2 is 1.60 bits per heavy atom. The molecule has 2 aromatic heterocycles. The molecule has 0 saturated carbocycles. The van der Waals surface area contributed by atoms with Gasteiger partial charge < -0.3 is 4.74 Å². The van der Waals surface area contributed by atoms with Crippen molar-refractivity contribution in [2.75, 3.05) is 7.11 Å². The monoisotopic (exact) mass is 261 g/mol. The third-order valence-electron chi connectivity index (χ3n) is 3.41. The summed E-state index contributed by atoms with van der Waals surface area (Å²) in [5.41, 5.74) is 3.55. The van der Waals surface area contributed by atoms with E-state index in [0.717, 1.165) is 32.8 Å². The average molecular weight is 261 g/mol. The molecule has 96 valence electrons. The number of pyridine rings is 1. The first-order chi connectivity index (χ1) is 9.86. The molecule has 0 aliphatic heterocycles. The second-order valence-corrected chi connectivity index (χ2v) is 4.56. The van der Waals surface area contributed by atoms with E-state index >= 15 is 0 Å². The van der Waals surface area contributed by atoms with Gasteiger partial charge in [-0.3, -0.25) is 0 Å². The van der Waals surface area contributed by atoms with E-state index in [1.54, 1.807) is 13.3 Å². The molecule has 0 aliphatic carbocycles. The van der Waals surface area contributed by atoms with Crippen LogP contribution in [0.1, 0.15) is 0 Å². The number of rotatable bonds is 1. The minimum atomic E-state index is 0.611. The molecule has 20 heavy (non-hydrogen) atoms. The predicted molar refractivity (Wildman–Crippen MR) is 78.9 cm³/mol. The van der Waals surface area contributed by atoms with Gasteiger partial charge in [0.05, 0.1) is 29.2 Å². The fourth-order valence-corrected chi connectivity index (χ4v) is 2.47. The molecular formula is C16H11N3O. The first-order valence-electron chi connectivity index (χ1n) is 6.35. The average Bonchev–Trinajstić information content (AvgIpc) is 2.52. The highest BCUT2D eigenvalue weighted by Gasteiger charge is 2.09. The first-order valence-corrected chi connectivity index (χ1v) is 6.35. The van der Waals surface area contributed by atoms with E-state index in [9.17, 15) is 0 Å². The molecule has 4 heteroatoms. The lowest BCUT2D eigenvalue weighted by Gasteiger charge is -2.07. The van der Waals surface area contributed by atoms with E-state index in [1.807, 2.05) is 42.5 Å². The molecule has 0 saturated heterocycles. The van der Waals surface area contributed by atoms with Gasteiger partial charge in [0, 0.05) is 17.0 Å². The van der Waals surface area contributed by atoms with Gasteiger partial charge in [-0.25, -0.2) is 15.0 Å². The lowest BCUT2D eigenvalue weighted by Crippen LogP contribution is -1.92.